The SMILES string of the molecule is CC(C(=O)O)N(C)C(=O)N1CCCCC1CO. The molecule has 17 heavy (non-hydrogen) atoms. The minimum Gasteiger partial charge on any atom is -0.480 e. The summed E-state index contributed by atoms with van der Waals surface area (Å²) >= 11 is 0. The fourth-order valence-corrected chi connectivity index (χ4v) is 1.98. The van der Waals surface area contributed by atoms with Crippen molar-refractivity contribution in [1.29, 1.82) is 0 Å². The van der Waals surface area contributed by atoms with Crippen molar-refractivity contribution < 1.29 is 19.8 Å². The molecule has 0 spiro atoms. The first-order valence-corrected chi connectivity index (χ1v) is 5.86. The van der Waals surface area contributed by atoms with Crippen LogP contribution in [0.5, 0.6) is 0 Å². The van der Waals surface area contributed by atoms with Crippen LogP contribution in [0.4, 0.5) is 4.79 Å². The number of carboxylic acids is 1. The quantitative estimate of drug-likeness (QED) is 0.751. The van der Waals surface area contributed by atoms with E-state index in [9.17, 15) is 14.7 Å². The Morgan fingerprint density at radius 2 is 2.12 bits per heavy atom. The molecular weight excluding hydrogens is 224 g/mol. The smallest absolute Gasteiger partial charge is 0.326 e. The van der Waals surface area contributed by atoms with Crippen LogP contribution in [0.1, 0.15) is 26.2 Å². The van der Waals surface area contributed by atoms with Crippen LogP contribution >= 0.6 is 0 Å². The molecule has 0 aromatic heterocycles. The highest BCUT2D eigenvalue weighted by Gasteiger charge is 2.31. The number of piperidine rings is 1. The van der Waals surface area contributed by atoms with Crippen molar-refractivity contribution in [1.82, 2.24) is 9.80 Å². The summed E-state index contributed by atoms with van der Waals surface area (Å²) < 4.78 is 0. The van der Waals surface area contributed by atoms with Gasteiger partial charge < -0.3 is 20.0 Å². The van der Waals surface area contributed by atoms with Crippen molar-refractivity contribution in [2.45, 2.75) is 38.3 Å². The molecule has 2 amide bonds. The summed E-state index contributed by atoms with van der Waals surface area (Å²) in [5, 5.41) is 18.1. The molecule has 1 saturated heterocycles. The molecule has 0 aliphatic carbocycles. The van der Waals surface area contributed by atoms with Crippen molar-refractivity contribution in [3.63, 3.8) is 0 Å². The molecule has 98 valence electrons. The van der Waals surface area contributed by atoms with Gasteiger partial charge in [0, 0.05) is 13.6 Å². The number of carbonyl (C=O) groups excluding carboxylic acids is 1. The van der Waals surface area contributed by atoms with E-state index in [-0.39, 0.29) is 18.7 Å². The lowest BCUT2D eigenvalue weighted by molar-refractivity contribution is -0.141. The number of nitrogens with zero attached hydrogens (tertiary/aromatic N) is 2. The highest BCUT2D eigenvalue weighted by molar-refractivity contribution is 5.82. The van der Waals surface area contributed by atoms with E-state index in [2.05, 4.69) is 0 Å². The standard InChI is InChI=1S/C11H20N2O4/c1-8(10(15)16)12(2)11(17)13-6-4-3-5-9(13)7-14/h8-9,14H,3-7H2,1-2H3,(H,15,16). The predicted molar refractivity (Wildman–Crippen MR) is 61.7 cm³/mol. The van der Waals surface area contributed by atoms with Gasteiger partial charge in [-0.15, -0.1) is 0 Å². The number of urea groups is 1. The highest BCUT2D eigenvalue weighted by Crippen LogP contribution is 2.18. The Labute approximate surface area is 101 Å². The van der Waals surface area contributed by atoms with E-state index in [1.165, 1.54) is 18.9 Å². The Balaban J connectivity index is 2.70. The second-order valence-electron chi connectivity index (χ2n) is 4.43. The molecule has 6 heteroatoms. The molecule has 1 aliphatic heterocycles. The maximum Gasteiger partial charge on any atom is 0.326 e. The summed E-state index contributed by atoms with van der Waals surface area (Å²) in [5.74, 6) is -1.03. The fraction of sp³-hybridized carbons (Fsp3) is 0.818. The average molecular weight is 244 g/mol. The van der Waals surface area contributed by atoms with Gasteiger partial charge in [-0.2, -0.15) is 0 Å². The van der Waals surface area contributed by atoms with Crippen LogP contribution in [0.2, 0.25) is 0 Å². The first-order valence-electron chi connectivity index (χ1n) is 5.86. The number of aliphatic hydroxyl groups excluding tert-OH is 1. The number of hydrogen-bond donors (Lipinski definition) is 2. The number of amides is 2. The van der Waals surface area contributed by atoms with E-state index in [1.807, 2.05) is 0 Å². The monoisotopic (exact) mass is 244 g/mol. The Hall–Kier alpha value is -1.30. The molecule has 2 atom stereocenters. The molecule has 2 N–H and O–H groups in total. The summed E-state index contributed by atoms with van der Waals surface area (Å²) in [6, 6.07) is -1.36. The Morgan fingerprint density at radius 3 is 2.65 bits per heavy atom. The third kappa shape index (κ3) is 3.09. The van der Waals surface area contributed by atoms with Crippen LogP contribution in [0.3, 0.4) is 0 Å². The van der Waals surface area contributed by atoms with E-state index in [1.54, 1.807) is 4.90 Å². The van der Waals surface area contributed by atoms with Gasteiger partial charge in [0.2, 0.25) is 0 Å². The molecule has 0 aromatic carbocycles. The van der Waals surface area contributed by atoms with Gasteiger partial charge in [0.1, 0.15) is 6.04 Å². The molecule has 0 aromatic rings. The number of rotatable bonds is 3. The van der Waals surface area contributed by atoms with Crippen LogP contribution in [0, 0.1) is 0 Å². The van der Waals surface area contributed by atoms with Gasteiger partial charge in [-0.25, -0.2) is 9.59 Å². The van der Waals surface area contributed by atoms with Crippen molar-refractivity contribution >= 4 is 12.0 Å². The number of hydrogen-bond acceptors (Lipinski definition) is 3. The number of aliphatic hydroxyl groups is 1. The molecular formula is C11H20N2O4. The molecule has 1 rings (SSSR count). The first-order chi connectivity index (χ1) is 7.99. The zero-order valence-corrected chi connectivity index (χ0v) is 10.3. The Kier molecular flexibility index (Phi) is 4.74. The summed E-state index contributed by atoms with van der Waals surface area (Å²) in [7, 11) is 1.48. The van der Waals surface area contributed by atoms with Crippen molar-refractivity contribution in [2.75, 3.05) is 20.2 Å². The molecule has 1 aliphatic rings. The molecule has 0 saturated carbocycles. The summed E-state index contributed by atoms with van der Waals surface area (Å²) in [6.07, 6.45) is 2.67. The maximum absolute atomic E-state index is 12.1. The van der Waals surface area contributed by atoms with Gasteiger partial charge >= 0.3 is 12.0 Å². The average Bonchev–Trinajstić information content (AvgIpc) is 2.35. The van der Waals surface area contributed by atoms with E-state index >= 15 is 0 Å². The summed E-state index contributed by atoms with van der Waals surface area (Å²) in [4.78, 5) is 25.7. The number of likely N-dealkylation sites (tertiary alicyclic amines) is 1. The Morgan fingerprint density at radius 1 is 1.47 bits per heavy atom. The van der Waals surface area contributed by atoms with Crippen LogP contribution in [-0.4, -0.2) is 64.3 Å². The number of carboxylic acid groups (broad SMARTS) is 1. The third-order valence-corrected chi connectivity index (χ3v) is 3.32. The molecule has 2 unspecified atom stereocenters. The summed E-state index contributed by atoms with van der Waals surface area (Å²) in [6.45, 7) is 1.99. The van der Waals surface area contributed by atoms with E-state index < -0.39 is 12.0 Å². The van der Waals surface area contributed by atoms with E-state index in [4.69, 9.17) is 5.11 Å². The summed E-state index contributed by atoms with van der Waals surface area (Å²) in [5.41, 5.74) is 0. The van der Waals surface area contributed by atoms with Gasteiger partial charge in [0.05, 0.1) is 12.6 Å². The van der Waals surface area contributed by atoms with Crippen LogP contribution < -0.4 is 0 Å². The highest BCUT2D eigenvalue weighted by atomic mass is 16.4. The lowest BCUT2D eigenvalue weighted by atomic mass is 10.0. The topological polar surface area (TPSA) is 81.1 Å². The lowest BCUT2D eigenvalue weighted by Gasteiger charge is -2.38. The van der Waals surface area contributed by atoms with Gasteiger partial charge in [0.25, 0.3) is 0 Å². The normalized spacial score (nSPS) is 22.1. The van der Waals surface area contributed by atoms with Crippen LogP contribution in [0.15, 0.2) is 0 Å². The van der Waals surface area contributed by atoms with Gasteiger partial charge in [-0.1, -0.05) is 0 Å². The van der Waals surface area contributed by atoms with E-state index in [0.29, 0.717) is 6.54 Å². The zero-order valence-electron chi connectivity index (χ0n) is 10.3. The fourth-order valence-electron chi connectivity index (χ4n) is 1.98. The van der Waals surface area contributed by atoms with Crippen molar-refractivity contribution in [2.24, 2.45) is 0 Å². The van der Waals surface area contributed by atoms with Gasteiger partial charge in [-0.3, -0.25) is 0 Å². The van der Waals surface area contributed by atoms with Crippen molar-refractivity contribution in [3.8, 4) is 0 Å². The van der Waals surface area contributed by atoms with Crippen molar-refractivity contribution in [3.05, 3.63) is 0 Å². The molecule has 1 heterocycles. The minimum absolute atomic E-state index is 0.0684. The second-order valence-corrected chi connectivity index (χ2v) is 4.43. The van der Waals surface area contributed by atoms with E-state index in [0.717, 1.165) is 19.3 Å². The Bertz CT molecular complexity index is 295. The number of aliphatic carboxylic acids is 1. The van der Waals surface area contributed by atoms with Crippen LogP contribution in [-0.2, 0) is 4.79 Å². The molecule has 0 bridgehead atoms. The second kappa shape index (κ2) is 5.86. The minimum atomic E-state index is -1.03. The number of likely N-dealkylation sites (N-methyl/N-ethyl adjacent to an activating group) is 1. The third-order valence-electron chi connectivity index (χ3n) is 3.32. The predicted octanol–water partition coefficient (Wildman–Crippen LogP) is 0.358. The molecule has 1 fully saturated rings. The van der Waals surface area contributed by atoms with Gasteiger partial charge in [0.15, 0.2) is 0 Å². The van der Waals surface area contributed by atoms with Gasteiger partial charge in [-0.05, 0) is 26.2 Å². The zero-order chi connectivity index (χ0) is 13.0. The largest absolute Gasteiger partial charge is 0.480 e. The maximum atomic E-state index is 12.1. The molecule has 6 nitrogen and oxygen atoms in total. The van der Waals surface area contributed by atoms with Crippen LogP contribution in [0.25, 0.3) is 0 Å². The molecule has 0 radical (unpaired) electrons. The first kappa shape index (κ1) is 13.8. The number of carbonyl (C=O) groups is 2. The lowest BCUT2D eigenvalue weighted by Crippen LogP contribution is -2.53.